The Kier molecular flexibility index (Phi) is 6.76. The molecule has 0 saturated heterocycles. The van der Waals surface area contributed by atoms with Gasteiger partial charge in [-0.15, -0.1) is 0 Å². The second kappa shape index (κ2) is 8.11. The summed E-state index contributed by atoms with van der Waals surface area (Å²) in [5.41, 5.74) is 2.28. The van der Waals surface area contributed by atoms with Gasteiger partial charge in [-0.2, -0.15) is 0 Å². The molecule has 102 valence electrons. The van der Waals surface area contributed by atoms with E-state index in [4.69, 9.17) is 4.74 Å². The van der Waals surface area contributed by atoms with E-state index in [1.165, 1.54) is 12.0 Å². The first-order valence-corrected chi connectivity index (χ1v) is 6.72. The molecule has 0 aliphatic carbocycles. The van der Waals surface area contributed by atoms with Crippen LogP contribution in [-0.4, -0.2) is 30.9 Å². The van der Waals surface area contributed by atoms with Crippen LogP contribution in [0.15, 0.2) is 18.2 Å². The summed E-state index contributed by atoms with van der Waals surface area (Å²) in [6.45, 7) is 8.09. The lowest BCUT2D eigenvalue weighted by atomic mass is 10.1. The summed E-state index contributed by atoms with van der Waals surface area (Å²) in [5, 5.41) is 13.0. The van der Waals surface area contributed by atoms with Gasteiger partial charge in [-0.1, -0.05) is 25.5 Å². The Morgan fingerprint density at radius 3 is 2.83 bits per heavy atom. The Morgan fingerprint density at radius 2 is 2.11 bits per heavy atom. The standard InChI is InChI=1S/C15H25NO2/c1-4-5-8-16-10-14(17)11-18-15-9-12(2)6-7-13(15)3/h6-7,9,14,16-17H,4-5,8,10-11H2,1-3H3. The van der Waals surface area contributed by atoms with Crippen molar-refractivity contribution in [3.8, 4) is 5.75 Å². The van der Waals surface area contributed by atoms with Crippen molar-refractivity contribution >= 4 is 0 Å². The van der Waals surface area contributed by atoms with Gasteiger partial charge in [-0.25, -0.2) is 0 Å². The van der Waals surface area contributed by atoms with Crippen LogP contribution in [0.2, 0.25) is 0 Å². The Labute approximate surface area is 110 Å². The Hall–Kier alpha value is -1.06. The first kappa shape index (κ1) is 15.0. The fraction of sp³-hybridized carbons (Fsp3) is 0.600. The predicted octanol–water partition coefficient (Wildman–Crippen LogP) is 2.43. The van der Waals surface area contributed by atoms with Crippen LogP contribution >= 0.6 is 0 Å². The van der Waals surface area contributed by atoms with Crippen LogP contribution < -0.4 is 10.1 Å². The van der Waals surface area contributed by atoms with E-state index in [1.807, 2.05) is 26.0 Å². The second-order valence-corrected chi connectivity index (χ2v) is 4.79. The molecule has 1 unspecified atom stereocenters. The number of hydrogen-bond acceptors (Lipinski definition) is 3. The van der Waals surface area contributed by atoms with Crippen LogP contribution in [0.3, 0.4) is 0 Å². The highest BCUT2D eigenvalue weighted by Gasteiger charge is 2.06. The van der Waals surface area contributed by atoms with Crippen molar-refractivity contribution in [1.82, 2.24) is 5.32 Å². The molecule has 1 aromatic rings. The third-order valence-corrected chi connectivity index (χ3v) is 2.86. The zero-order valence-corrected chi connectivity index (χ0v) is 11.7. The summed E-state index contributed by atoms with van der Waals surface area (Å²) in [4.78, 5) is 0. The number of benzene rings is 1. The molecule has 0 aliphatic rings. The molecule has 0 fully saturated rings. The summed E-state index contributed by atoms with van der Waals surface area (Å²) in [5.74, 6) is 0.864. The number of ether oxygens (including phenoxy) is 1. The number of aliphatic hydroxyl groups is 1. The smallest absolute Gasteiger partial charge is 0.122 e. The van der Waals surface area contributed by atoms with Crippen LogP contribution in [0.1, 0.15) is 30.9 Å². The van der Waals surface area contributed by atoms with E-state index in [-0.39, 0.29) is 0 Å². The van der Waals surface area contributed by atoms with Gasteiger partial charge in [0, 0.05) is 6.54 Å². The summed E-state index contributed by atoms with van der Waals surface area (Å²) < 4.78 is 5.65. The van der Waals surface area contributed by atoms with Gasteiger partial charge in [0.1, 0.15) is 18.5 Å². The van der Waals surface area contributed by atoms with Crippen molar-refractivity contribution in [3.05, 3.63) is 29.3 Å². The van der Waals surface area contributed by atoms with Crippen LogP contribution in [0, 0.1) is 13.8 Å². The van der Waals surface area contributed by atoms with Crippen LogP contribution in [0.5, 0.6) is 5.75 Å². The highest BCUT2D eigenvalue weighted by Crippen LogP contribution is 2.19. The lowest BCUT2D eigenvalue weighted by molar-refractivity contribution is 0.106. The molecule has 0 radical (unpaired) electrons. The van der Waals surface area contributed by atoms with Gasteiger partial charge in [-0.3, -0.25) is 0 Å². The number of rotatable bonds is 8. The maximum Gasteiger partial charge on any atom is 0.122 e. The fourth-order valence-electron chi connectivity index (χ4n) is 1.68. The van der Waals surface area contributed by atoms with Gasteiger partial charge in [0.2, 0.25) is 0 Å². The normalized spacial score (nSPS) is 12.4. The average Bonchev–Trinajstić information content (AvgIpc) is 2.36. The third-order valence-electron chi connectivity index (χ3n) is 2.86. The Bertz CT molecular complexity index is 352. The minimum absolute atomic E-state index is 0.337. The maximum atomic E-state index is 9.78. The van der Waals surface area contributed by atoms with Gasteiger partial charge in [-0.05, 0) is 44.0 Å². The SMILES string of the molecule is CCCCNCC(O)COc1cc(C)ccc1C. The average molecular weight is 251 g/mol. The Morgan fingerprint density at radius 1 is 1.33 bits per heavy atom. The van der Waals surface area contributed by atoms with E-state index in [1.54, 1.807) is 0 Å². The first-order chi connectivity index (χ1) is 8.63. The zero-order valence-electron chi connectivity index (χ0n) is 11.7. The molecule has 1 aromatic carbocycles. The zero-order chi connectivity index (χ0) is 13.4. The summed E-state index contributed by atoms with van der Waals surface area (Å²) >= 11 is 0. The molecule has 0 aromatic heterocycles. The molecule has 0 saturated carbocycles. The van der Waals surface area contributed by atoms with E-state index < -0.39 is 6.10 Å². The monoisotopic (exact) mass is 251 g/mol. The number of hydrogen-bond donors (Lipinski definition) is 2. The van der Waals surface area contributed by atoms with Crippen LogP contribution in [-0.2, 0) is 0 Å². The number of aryl methyl sites for hydroxylation is 2. The lowest BCUT2D eigenvalue weighted by Crippen LogP contribution is -2.32. The van der Waals surface area contributed by atoms with Crippen molar-refractivity contribution in [2.75, 3.05) is 19.7 Å². The molecule has 0 bridgehead atoms. The molecule has 2 N–H and O–H groups in total. The number of nitrogens with one attached hydrogen (secondary N) is 1. The van der Waals surface area contributed by atoms with E-state index in [0.717, 1.165) is 24.3 Å². The summed E-state index contributed by atoms with van der Waals surface area (Å²) in [6.07, 6.45) is 1.86. The molecular weight excluding hydrogens is 226 g/mol. The molecule has 18 heavy (non-hydrogen) atoms. The van der Waals surface area contributed by atoms with Gasteiger partial charge < -0.3 is 15.2 Å². The Balaban J connectivity index is 2.29. The summed E-state index contributed by atoms with van der Waals surface area (Å²) in [7, 11) is 0. The molecule has 3 heteroatoms. The van der Waals surface area contributed by atoms with Gasteiger partial charge in [0.05, 0.1) is 0 Å². The quantitative estimate of drug-likeness (QED) is 0.697. The van der Waals surface area contributed by atoms with Crippen molar-refractivity contribution < 1.29 is 9.84 Å². The molecule has 0 spiro atoms. The van der Waals surface area contributed by atoms with E-state index in [0.29, 0.717) is 13.2 Å². The van der Waals surface area contributed by atoms with E-state index in [2.05, 4.69) is 18.3 Å². The highest BCUT2D eigenvalue weighted by molar-refractivity contribution is 5.35. The second-order valence-electron chi connectivity index (χ2n) is 4.79. The first-order valence-electron chi connectivity index (χ1n) is 6.72. The molecule has 3 nitrogen and oxygen atoms in total. The fourth-order valence-corrected chi connectivity index (χ4v) is 1.68. The molecular formula is C15H25NO2. The molecule has 0 amide bonds. The minimum atomic E-state index is -0.457. The van der Waals surface area contributed by atoms with Gasteiger partial charge >= 0.3 is 0 Å². The molecule has 0 heterocycles. The topological polar surface area (TPSA) is 41.5 Å². The minimum Gasteiger partial charge on any atom is -0.491 e. The van der Waals surface area contributed by atoms with E-state index in [9.17, 15) is 5.11 Å². The van der Waals surface area contributed by atoms with Crippen molar-refractivity contribution in [3.63, 3.8) is 0 Å². The van der Waals surface area contributed by atoms with Crippen molar-refractivity contribution in [2.45, 2.75) is 39.7 Å². The largest absolute Gasteiger partial charge is 0.491 e. The molecule has 1 atom stereocenters. The van der Waals surface area contributed by atoms with Crippen LogP contribution in [0.25, 0.3) is 0 Å². The summed E-state index contributed by atoms with van der Waals surface area (Å²) in [6, 6.07) is 6.11. The lowest BCUT2D eigenvalue weighted by Gasteiger charge is -2.15. The van der Waals surface area contributed by atoms with Crippen molar-refractivity contribution in [2.24, 2.45) is 0 Å². The number of unbranched alkanes of at least 4 members (excludes halogenated alkanes) is 1. The molecule has 0 aliphatic heterocycles. The van der Waals surface area contributed by atoms with E-state index >= 15 is 0 Å². The van der Waals surface area contributed by atoms with Gasteiger partial charge in [0.15, 0.2) is 0 Å². The van der Waals surface area contributed by atoms with Crippen LogP contribution in [0.4, 0.5) is 0 Å². The maximum absolute atomic E-state index is 9.78. The van der Waals surface area contributed by atoms with Crippen molar-refractivity contribution in [1.29, 1.82) is 0 Å². The van der Waals surface area contributed by atoms with Gasteiger partial charge in [0.25, 0.3) is 0 Å². The highest BCUT2D eigenvalue weighted by atomic mass is 16.5. The molecule has 1 rings (SSSR count). The third kappa shape index (κ3) is 5.52. The predicted molar refractivity (Wildman–Crippen MR) is 75.2 cm³/mol. The number of aliphatic hydroxyl groups excluding tert-OH is 1.